The third kappa shape index (κ3) is 3.61. The molecule has 1 aromatic carbocycles. The summed E-state index contributed by atoms with van der Waals surface area (Å²) in [7, 11) is 0. The van der Waals surface area contributed by atoms with Crippen molar-refractivity contribution in [3.05, 3.63) is 64.9 Å². The van der Waals surface area contributed by atoms with Gasteiger partial charge in [-0.1, -0.05) is 29.8 Å². The van der Waals surface area contributed by atoms with Gasteiger partial charge in [-0.25, -0.2) is 0 Å². The second kappa shape index (κ2) is 6.72. The standard InChI is InChI=1S/C17H18ClNO2/c1-3-21-16(20)17(2,11-13-5-4-10-19-12-13)14-6-8-15(18)9-7-14/h4-10,12H,3,11H2,1-2H3. The van der Waals surface area contributed by atoms with Crippen LogP contribution >= 0.6 is 11.6 Å². The first-order valence-electron chi connectivity index (χ1n) is 6.88. The van der Waals surface area contributed by atoms with Crippen LogP contribution < -0.4 is 0 Å². The Morgan fingerprint density at radius 2 is 2.00 bits per heavy atom. The normalized spacial score (nSPS) is 13.5. The highest BCUT2D eigenvalue weighted by Gasteiger charge is 2.37. The SMILES string of the molecule is CCOC(=O)C(C)(Cc1cccnc1)c1ccc(Cl)cc1. The van der Waals surface area contributed by atoms with Gasteiger partial charge >= 0.3 is 5.97 Å². The van der Waals surface area contributed by atoms with E-state index in [0.717, 1.165) is 11.1 Å². The molecule has 1 unspecified atom stereocenters. The third-order valence-corrected chi connectivity index (χ3v) is 3.74. The Kier molecular flexibility index (Phi) is 4.97. The van der Waals surface area contributed by atoms with Crippen molar-refractivity contribution in [2.45, 2.75) is 25.7 Å². The van der Waals surface area contributed by atoms with Crippen molar-refractivity contribution in [2.75, 3.05) is 6.61 Å². The van der Waals surface area contributed by atoms with E-state index in [9.17, 15) is 4.79 Å². The van der Waals surface area contributed by atoms with Crippen LogP contribution in [0.15, 0.2) is 48.8 Å². The van der Waals surface area contributed by atoms with E-state index in [1.807, 2.05) is 38.1 Å². The van der Waals surface area contributed by atoms with Crippen LogP contribution in [0.4, 0.5) is 0 Å². The van der Waals surface area contributed by atoms with E-state index in [2.05, 4.69) is 4.98 Å². The van der Waals surface area contributed by atoms with Crippen LogP contribution in [0.5, 0.6) is 0 Å². The minimum Gasteiger partial charge on any atom is -0.465 e. The number of benzene rings is 1. The third-order valence-electron chi connectivity index (χ3n) is 3.49. The van der Waals surface area contributed by atoms with Crippen LogP contribution in [0.3, 0.4) is 0 Å². The van der Waals surface area contributed by atoms with E-state index in [0.29, 0.717) is 18.1 Å². The van der Waals surface area contributed by atoms with Gasteiger partial charge in [0, 0.05) is 17.4 Å². The Labute approximate surface area is 129 Å². The molecule has 0 saturated carbocycles. The molecule has 0 aliphatic carbocycles. The fourth-order valence-electron chi connectivity index (χ4n) is 2.31. The summed E-state index contributed by atoms with van der Waals surface area (Å²) in [5.74, 6) is -0.240. The summed E-state index contributed by atoms with van der Waals surface area (Å²) in [5.41, 5.74) is 1.11. The van der Waals surface area contributed by atoms with E-state index >= 15 is 0 Å². The molecule has 0 amide bonds. The molecular weight excluding hydrogens is 286 g/mol. The minimum atomic E-state index is -0.760. The zero-order valence-electron chi connectivity index (χ0n) is 12.2. The van der Waals surface area contributed by atoms with Crippen molar-refractivity contribution in [2.24, 2.45) is 0 Å². The van der Waals surface area contributed by atoms with Gasteiger partial charge in [0.15, 0.2) is 0 Å². The van der Waals surface area contributed by atoms with Crippen molar-refractivity contribution >= 4 is 17.6 Å². The van der Waals surface area contributed by atoms with Gasteiger partial charge in [0.25, 0.3) is 0 Å². The molecule has 0 fully saturated rings. The van der Waals surface area contributed by atoms with E-state index in [-0.39, 0.29) is 5.97 Å². The molecule has 1 heterocycles. The van der Waals surface area contributed by atoms with Crippen molar-refractivity contribution in [3.8, 4) is 0 Å². The highest BCUT2D eigenvalue weighted by Crippen LogP contribution is 2.30. The number of hydrogen-bond acceptors (Lipinski definition) is 3. The smallest absolute Gasteiger partial charge is 0.316 e. The molecule has 4 heteroatoms. The average Bonchev–Trinajstić information content (AvgIpc) is 2.49. The molecule has 2 rings (SSSR count). The van der Waals surface area contributed by atoms with Gasteiger partial charge in [0.05, 0.1) is 12.0 Å². The maximum Gasteiger partial charge on any atom is 0.316 e. The Bertz CT molecular complexity index is 598. The lowest BCUT2D eigenvalue weighted by molar-refractivity contribution is -0.149. The molecule has 110 valence electrons. The highest BCUT2D eigenvalue weighted by atomic mass is 35.5. The monoisotopic (exact) mass is 303 g/mol. The lowest BCUT2D eigenvalue weighted by Crippen LogP contribution is -2.36. The molecular formula is C17H18ClNO2. The van der Waals surface area contributed by atoms with Crippen LogP contribution in [-0.4, -0.2) is 17.6 Å². The first-order valence-corrected chi connectivity index (χ1v) is 7.26. The number of hydrogen-bond donors (Lipinski definition) is 0. The fraction of sp³-hybridized carbons (Fsp3) is 0.294. The van der Waals surface area contributed by atoms with Crippen LogP contribution in [0.1, 0.15) is 25.0 Å². The van der Waals surface area contributed by atoms with Crippen molar-refractivity contribution < 1.29 is 9.53 Å². The molecule has 3 nitrogen and oxygen atoms in total. The molecule has 0 radical (unpaired) electrons. The second-order valence-corrected chi connectivity index (χ2v) is 5.53. The first-order chi connectivity index (χ1) is 10.1. The summed E-state index contributed by atoms with van der Waals surface area (Å²) in [6.45, 7) is 4.06. The summed E-state index contributed by atoms with van der Waals surface area (Å²) in [6.07, 6.45) is 4.02. The minimum absolute atomic E-state index is 0.240. The molecule has 0 aliphatic rings. The molecule has 0 aliphatic heterocycles. The number of esters is 1. The number of ether oxygens (including phenoxy) is 1. The van der Waals surface area contributed by atoms with Crippen LogP contribution in [0.25, 0.3) is 0 Å². The molecule has 21 heavy (non-hydrogen) atoms. The highest BCUT2D eigenvalue weighted by molar-refractivity contribution is 6.30. The lowest BCUT2D eigenvalue weighted by Gasteiger charge is -2.28. The molecule has 0 N–H and O–H groups in total. The fourth-order valence-corrected chi connectivity index (χ4v) is 2.44. The van der Waals surface area contributed by atoms with Crippen molar-refractivity contribution in [1.29, 1.82) is 0 Å². The van der Waals surface area contributed by atoms with Gasteiger partial charge in [0.2, 0.25) is 0 Å². The Morgan fingerprint density at radius 1 is 1.29 bits per heavy atom. The predicted molar refractivity (Wildman–Crippen MR) is 83.4 cm³/mol. The number of carbonyl (C=O) groups is 1. The Morgan fingerprint density at radius 3 is 2.57 bits per heavy atom. The topological polar surface area (TPSA) is 39.2 Å². The molecule has 1 aromatic heterocycles. The zero-order chi connectivity index (χ0) is 15.3. The van der Waals surface area contributed by atoms with E-state index < -0.39 is 5.41 Å². The number of rotatable bonds is 5. The number of carbonyl (C=O) groups excluding carboxylic acids is 1. The molecule has 0 saturated heterocycles. The van der Waals surface area contributed by atoms with Crippen molar-refractivity contribution in [3.63, 3.8) is 0 Å². The van der Waals surface area contributed by atoms with Crippen LogP contribution in [-0.2, 0) is 21.4 Å². The summed E-state index contributed by atoms with van der Waals surface area (Å²) < 4.78 is 5.27. The lowest BCUT2D eigenvalue weighted by atomic mass is 9.77. The first kappa shape index (κ1) is 15.5. The number of aromatic nitrogens is 1. The summed E-state index contributed by atoms with van der Waals surface area (Å²) >= 11 is 5.94. The van der Waals surface area contributed by atoms with E-state index in [1.165, 1.54) is 0 Å². The Hall–Kier alpha value is -1.87. The van der Waals surface area contributed by atoms with E-state index in [1.54, 1.807) is 24.5 Å². The second-order valence-electron chi connectivity index (χ2n) is 5.10. The van der Waals surface area contributed by atoms with Gasteiger partial charge in [-0.3, -0.25) is 9.78 Å². The van der Waals surface area contributed by atoms with Gasteiger partial charge in [0.1, 0.15) is 0 Å². The zero-order valence-corrected chi connectivity index (χ0v) is 12.9. The van der Waals surface area contributed by atoms with Crippen molar-refractivity contribution in [1.82, 2.24) is 4.98 Å². The van der Waals surface area contributed by atoms with Gasteiger partial charge < -0.3 is 4.74 Å². The van der Waals surface area contributed by atoms with Gasteiger partial charge in [-0.2, -0.15) is 0 Å². The van der Waals surface area contributed by atoms with Crippen LogP contribution in [0.2, 0.25) is 5.02 Å². The largest absolute Gasteiger partial charge is 0.465 e. The summed E-state index contributed by atoms with van der Waals surface area (Å²) in [6, 6.07) is 11.1. The van der Waals surface area contributed by atoms with Gasteiger partial charge in [-0.15, -0.1) is 0 Å². The molecule has 2 aromatic rings. The average molecular weight is 304 g/mol. The van der Waals surface area contributed by atoms with Gasteiger partial charge in [-0.05, 0) is 49.6 Å². The number of pyridine rings is 1. The maximum absolute atomic E-state index is 12.5. The van der Waals surface area contributed by atoms with Crippen LogP contribution in [0, 0.1) is 0 Å². The van der Waals surface area contributed by atoms with E-state index in [4.69, 9.17) is 16.3 Å². The Balaban J connectivity index is 2.38. The molecule has 0 bridgehead atoms. The predicted octanol–water partition coefficient (Wildman–Crippen LogP) is 3.80. The number of halogens is 1. The quantitative estimate of drug-likeness (QED) is 0.789. The maximum atomic E-state index is 12.5. The summed E-state index contributed by atoms with van der Waals surface area (Å²) in [5, 5.41) is 0.645. The molecule has 1 atom stereocenters. The molecule has 0 spiro atoms. The summed E-state index contributed by atoms with van der Waals surface area (Å²) in [4.78, 5) is 16.6. The number of nitrogens with zero attached hydrogens (tertiary/aromatic N) is 1.